The Balaban J connectivity index is 3.46. The van der Waals surface area contributed by atoms with Gasteiger partial charge >= 0.3 is 5.97 Å². The minimum absolute atomic E-state index is 0.0279. The Kier molecular flexibility index (Phi) is 40.8. The fourth-order valence-corrected chi connectivity index (χ4v) is 5.86. The maximum absolute atomic E-state index is 12.1. The molecule has 0 fully saturated rings. The van der Waals surface area contributed by atoms with E-state index >= 15 is 0 Å². The first-order valence-electron chi connectivity index (χ1n) is 22.5. The Bertz CT molecular complexity index is 1140. The summed E-state index contributed by atoms with van der Waals surface area (Å²) in [6.45, 7) is 5.06. The molecule has 0 aliphatic rings. The Morgan fingerprint density at radius 1 is 0.333 bits per heavy atom. The molecule has 0 heterocycles. The molecule has 0 radical (unpaired) electrons. The third-order valence-electron chi connectivity index (χ3n) is 9.17. The number of carboxylic acid groups (broad SMARTS) is 1. The third kappa shape index (κ3) is 45.4. The molecule has 0 saturated heterocycles. The van der Waals surface area contributed by atoms with Crippen molar-refractivity contribution < 1.29 is 57.6 Å². The van der Waals surface area contributed by atoms with Crippen LogP contribution >= 0.6 is 0 Å². The zero-order chi connectivity index (χ0) is 44.2. The van der Waals surface area contributed by atoms with E-state index in [1.54, 1.807) is 0 Å². The maximum atomic E-state index is 12.1. The summed E-state index contributed by atoms with van der Waals surface area (Å²) in [5.74, 6) is -1.38. The predicted molar refractivity (Wildman–Crippen MR) is 228 cm³/mol. The van der Waals surface area contributed by atoms with E-state index in [2.05, 4.69) is 26.6 Å². The van der Waals surface area contributed by atoms with Gasteiger partial charge in [0, 0.05) is 64.8 Å². The molecule has 0 atom stereocenters. The van der Waals surface area contributed by atoms with Gasteiger partial charge in [-0.2, -0.15) is 0 Å². The van der Waals surface area contributed by atoms with Gasteiger partial charge in [-0.1, -0.05) is 77.0 Å². The first-order chi connectivity index (χ1) is 29.1. The molecule has 0 aliphatic carbocycles. The number of carboxylic acids is 1. The van der Waals surface area contributed by atoms with Crippen LogP contribution in [0.15, 0.2) is 0 Å². The molecule has 60 heavy (non-hydrogen) atoms. The Morgan fingerprint density at radius 3 is 1.02 bits per heavy atom. The minimum Gasteiger partial charge on any atom is -0.481 e. The van der Waals surface area contributed by atoms with E-state index in [1.165, 1.54) is 58.3 Å². The van der Waals surface area contributed by atoms with Crippen molar-refractivity contribution in [2.75, 3.05) is 85.6 Å². The van der Waals surface area contributed by atoms with Crippen molar-refractivity contribution in [3.05, 3.63) is 0 Å². The molecule has 0 aromatic carbocycles. The Labute approximate surface area is 358 Å². The van der Waals surface area contributed by atoms with Crippen molar-refractivity contribution in [3.63, 3.8) is 0 Å². The molecule has 0 spiro atoms. The van der Waals surface area contributed by atoms with Crippen molar-refractivity contribution in [2.45, 2.75) is 148 Å². The van der Waals surface area contributed by atoms with Gasteiger partial charge in [-0.15, -0.1) is 0 Å². The monoisotopic (exact) mass is 858 g/mol. The molecule has 0 rings (SSSR count). The van der Waals surface area contributed by atoms with E-state index in [-0.39, 0.29) is 81.0 Å². The summed E-state index contributed by atoms with van der Waals surface area (Å²) in [6, 6.07) is 0. The molecule has 0 aromatic heterocycles. The van der Waals surface area contributed by atoms with Crippen LogP contribution in [0.25, 0.3) is 0 Å². The van der Waals surface area contributed by atoms with Crippen LogP contribution in [0.4, 0.5) is 0 Å². The molecule has 0 unspecified atom stereocenters. The number of Topliss-reactive ketones (excluding diaryl/α,β-unsaturated/α-hetero) is 1. The van der Waals surface area contributed by atoms with Gasteiger partial charge in [0.1, 0.15) is 13.2 Å². The van der Waals surface area contributed by atoms with E-state index in [0.717, 1.165) is 38.5 Å². The van der Waals surface area contributed by atoms with Crippen molar-refractivity contribution in [2.24, 2.45) is 0 Å². The van der Waals surface area contributed by atoms with E-state index < -0.39 is 5.97 Å². The summed E-state index contributed by atoms with van der Waals surface area (Å²) in [5, 5.41) is 22.5. The smallest absolute Gasteiger partial charge is 0.303 e. The van der Waals surface area contributed by atoms with Crippen LogP contribution in [0.3, 0.4) is 0 Å². The molecule has 0 saturated carbocycles. The number of amides is 5. The highest BCUT2D eigenvalue weighted by Gasteiger charge is 2.07. The van der Waals surface area contributed by atoms with Crippen LogP contribution < -0.4 is 26.6 Å². The number of aliphatic carboxylic acids is 1. The topological polar surface area (TPSA) is 237 Å². The molecule has 17 heteroatoms. The average molecular weight is 858 g/mol. The zero-order valence-electron chi connectivity index (χ0n) is 36.7. The standard InChI is InChI=1S/C43H79N5O12/c1-37(49)35-59-33-31-58-30-28-48-42(54)36-60-34-32-57-29-27-47-41(53)22-18-26-46-40(52)21-17-25-45-39(51)20-16-24-44-38(50)19-14-12-10-8-6-4-2-3-5-7-9-11-13-15-23-43(55)56/h2-36H2,1H3,(H,44,50)(H,45,51)(H,46,52)(H,47,53)(H,48,54)(H,55,56). The van der Waals surface area contributed by atoms with Crippen LogP contribution in [-0.2, 0) is 52.5 Å². The molecule has 0 bridgehead atoms. The minimum atomic E-state index is -0.699. The number of hydrogen-bond acceptors (Lipinski definition) is 11. The molecule has 0 aromatic rings. The van der Waals surface area contributed by atoms with Gasteiger partial charge in [0.2, 0.25) is 29.5 Å². The fourth-order valence-electron chi connectivity index (χ4n) is 5.86. The summed E-state index contributed by atoms with van der Waals surface area (Å²) in [6.07, 6.45) is 19.2. The number of carbonyl (C=O) groups is 7. The van der Waals surface area contributed by atoms with Crippen LogP contribution in [0.5, 0.6) is 0 Å². The van der Waals surface area contributed by atoms with Gasteiger partial charge in [-0.25, -0.2) is 0 Å². The van der Waals surface area contributed by atoms with Gasteiger partial charge in [0.05, 0.1) is 39.6 Å². The molecule has 6 N–H and O–H groups in total. The van der Waals surface area contributed by atoms with Crippen molar-refractivity contribution in [1.82, 2.24) is 26.6 Å². The van der Waals surface area contributed by atoms with E-state index in [9.17, 15) is 33.6 Å². The molecule has 0 aliphatic heterocycles. The number of carbonyl (C=O) groups excluding carboxylic acids is 6. The summed E-state index contributed by atoms with van der Waals surface area (Å²) in [4.78, 5) is 81.2. The summed E-state index contributed by atoms with van der Waals surface area (Å²) in [7, 11) is 0. The summed E-state index contributed by atoms with van der Waals surface area (Å²) < 4.78 is 21.0. The first-order valence-corrected chi connectivity index (χ1v) is 22.5. The lowest BCUT2D eigenvalue weighted by Crippen LogP contribution is -2.31. The highest BCUT2D eigenvalue weighted by atomic mass is 16.5. The largest absolute Gasteiger partial charge is 0.481 e. The van der Waals surface area contributed by atoms with Crippen LogP contribution in [0.1, 0.15) is 148 Å². The third-order valence-corrected chi connectivity index (χ3v) is 9.17. The maximum Gasteiger partial charge on any atom is 0.303 e. The normalized spacial score (nSPS) is 10.9. The summed E-state index contributed by atoms with van der Waals surface area (Å²) >= 11 is 0. The number of unbranched alkanes of at least 4 members (excludes halogenated alkanes) is 13. The highest BCUT2D eigenvalue weighted by molar-refractivity contribution is 5.78. The SMILES string of the molecule is CC(=O)COCCOCCNC(=O)COCCOCCNC(=O)CCCNC(=O)CCCNC(=O)CCCNC(=O)CCCCCCCCCCCCCCCCC(=O)O. The molecular formula is C43H79N5O12. The van der Waals surface area contributed by atoms with Gasteiger partial charge in [0.15, 0.2) is 5.78 Å². The van der Waals surface area contributed by atoms with Crippen molar-refractivity contribution >= 4 is 41.3 Å². The molecule has 17 nitrogen and oxygen atoms in total. The second-order valence-corrected chi connectivity index (χ2v) is 14.9. The molecular weight excluding hydrogens is 778 g/mol. The van der Waals surface area contributed by atoms with Gasteiger partial charge in [-0.3, -0.25) is 33.6 Å². The number of nitrogens with one attached hydrogen (secondary N) is 5. The van der Waals surface area contributed by atoms with E-state index in [1.807, 2.05) is 0 Å². The zero-order valence-corrected chi connectivity index (χ0v) is 36.7. The van der Waals surface area contributed by atoms with E-state index in [0.29, 0.717) is 91.3 Å². The number of ether oxygens (including phenoxy) is 4. The lowest BCUT2D eigenvalue weighted by atomic mass is 10.0. The highest BCUT2D eigenvalue weighted by Crippen LogP contribution is 2.14. The van der Waals surface area contributed by atoms with Crippen LogP contribution in [0, 0.1) is 0 Å². The molecule has 348 valence electrons. The Hall–Kier alpha value is -3.67. The molecule has 5 amide bonds. The van der Waals surface area contributed by atoms with Gasteiger partial charge in [0.25, 0.3) is 0 Å². The predicted octanol–water partition coefficient (Wildman–Crippen LogP) is 3.89. The lowest BCUT2D eigenvalue weighted by molar-refractivity contribution is -0.137. The second kappa shape index (κ2) is 43.4. The quantitative estimate of drug-likeness (QED) is 0.0479. The van der Waals surface area contributed by atoms with E-state index in [4.69, 9.17) is 24.1 Å². The number of rotatable bonds is 45. The fraction of sp³-hybridized carbons (Fsp3) is 0.837. The lowest BCUT2D eigenvalue weighted by Gasteiger charge is -2.09. The average Bonchev–Trinajstić information content (AvgIpc) is 3.21. The van der Waals surface area contributed by atoms with Gasteiger partial charge in [-0.05, 0) is 39.0 Å². The van der Waals surface area contributed by atoms with Gasteiger partial charge < -0.3 is 50.6 Å². The Morgan fingerprint density at radius 2 is 0.633 bits per heavy atom. The summed E-state index contributed by atoms with van der Waals surface area (Å²) in [5.41, 5.74) is 0. The van der Waals surface area contributed by atoms with Crippen LogP contribution in [-0.4, -0.2) is 132 Å². The number of hydrogen-bond donors (Lipinski definition) is 6. The van der Waals surface area contributed by atoms with Crippen molar-refractivity contribution in [1.29, 1.82) is 0 Å². The number of ketones is 1. The van der Waals surface area contributed by atoms with Crippen molar-refractivity contribution in [3.8, 4) is 0 Å². The second-order valence-electron chi connectivity index (χ2n) is 14.9. The first kappa shape index (κ1) is 56.3. The van der Waals surface area contributed by atoms with Crippen LogP contribution in [0.2, 0.25) is 0 Å².